The number of fused-ring (bicyclic) bond motifs is 1. The van der Waals surface area contributed by atoms with Crippen molar-refractivity contribution < 1.29 is 19.1 Å². The van der Waals surface area contributed by atoms with Crippen LogP contribution in [0.5, 0.6) is 0 Å². The summed E-state index contributed by atoms with van der Waals surface area (Å²) in [6.07, 6.45) is 1.31. The fourth-order valence-electron chi connectivity index (χ4n) is 2.82. The molecule has 1 aliphatic heterocycles. The van der Waals surface area contributed by atoms with E-state index in [1.807, 2.05) is 31.2 Å². The first-order valence-electron chi connectivity index (χ1n) is 7.08. The third kappa shape index (κ3) is 2.51. The zero-order valence-corrected chi connectivity index (χ0v) is 11.8. The number of carboxylic acid groups (broad SMARTS) is 1. The van der Waals surface area contributed by atoms with E-state index in [1.165, 1.54) is 0 Å². The summed E-state index contributed by atoms with van der Waals surface area (Å²) in [5.74, 6) is -1.29. The van der Waals surface area contributed by atoms with E-state index in [9.17, 15) is 9.59 Å². The highest BCUT2D eigenvalue weighted by molar-refractivity contribution is 5.96. The Kier molecular flexibility index (Phi) is 3.41. The second-order valence-electron chi connectivity index (χ2n) is 5.57. The lowest BCUT2D eigenvalue weighted by Crippen LogP contribution is -2.47. The molecule has 0 spiro atoms. The second-order valence-corrected chi connectivity index (χ2v) is 5.57. The number of aliphatic carboxylic acids is 1. The number of piperidine rings is 1. The van der Waals surface area contributed by atoms with Crippen molar-refractivity contribution in [1.29, 1.82) is 0 Å². The van der Waals surface area contributed by atoms with Gasteiger partial charge in [-0.25, -0.2) is 0 Å². The maximum atomic E-state index is 12.6. The summed E-state index contributed by atoms with van der Waals surface area (Å²) in [5.41, 5.74) is 0.667. The second kappa shape index (κ2) is 5.24. The van der Waals surface area contributed by atoms with Crippen molar-refractivity contribution in [2.75, 3.05) is 6.54 Å². The van der Waals surface area contributed by atoms with E-state index in [0.29, 0.717) is 18.4 Å². The molecule has 5 heteroatoms. The molecule has 21 heavy (non-hydrogen) atoms. The number of benzene rings is 1. The number of furan rings is 1. The Labute approximate surface area is 122 Å². The standard InChI is InChI=1S/C16H17NO4/c1-10-6-7-12(16(19)20)9-17(10)15(18)14-8-11-4-2-3-5-13(11)21-14/h2-5,8,10,12H,6-7,9H2,1H3,(H,19,20). The molecule has 2 atom stereocenters. The zero-order valence-electron chi connectivity index (χ0n) is 11.8. The van der Waals surface area contributed by atoms with Crippen molar-refractivity contribution >= 4 is 22.8 Å². The molecule has 1 aliphatic rings. The Morgan fingerprint density at radius 1 is 1.29 bits per heavy atom. The van der Waals surface area contributed by atoms with Gasteiger partial charge in [-0.1, -0.05) is 18.2 Å². The van der Waals surface area contributed by atoms with E-state index in [2.05, 4.69) is 0 Å². The third-order valence-corrected chi connectivity index (χ3v) is 4.13. The Balaban J connectivity index is 1.87. The van der Waals surface area contributed by atoms with Crippen molar-refractivity contribution in [2.24, 2.45) is 5.92 Å². The largest absolute Gasteiger partial charge is 0.481 e. The van der Waals surface area contributed by atoms with E-state index in [4.69, 9.17) is 9.52 Å². The van der Waals surface area contributed by atoms with Gasteiger partial charge < -0.3 is 14.4 Å². The van der Waals surface area contributed by atoms with Crippen molar-refractivity contribution in [3.8, 4) is 0 Å². The van der Waals surface area contributed by atoms with Crippen molar-refractivity contribution in [3.63, 3.8) is 0 Å². The fourth-order valence-corrected chi connectivity index (χ4v) is 2.82. The highest BCUT2D eigenvalue weighted by atomic mass is 16.4. The van der Waals surface area contributed by atoms with Gasteiger partial charge >= 0.3 is 5.97 Å². The monoisotopic (exact) mass is 287 g/mol. The van der Waals surface area contributed by atoms with Crippen LogP contribution < -0.4 is 0 Å². The number of rotatable bonds is 2. The minimum absolute atomic E-state index is 0.0290. The smallest absolute Gasteiger partial charge is 0.308 e. The van der Waals surface area contributed by atoms with Gasteiger partial charge in [0, 0.05) is 18.0 Å². The predicted molar refractivity (Wildman–Crippen MR) is 77.1 cm³/mol. The van der Waals surface area contributed by atoms with Crippen LogP contribution in [0.25, 0.3) is 11.0 Å². The topological polar surface area (TPSA) is 70.8 Å². The molecule has 1 saturated heterocycles. The zero-order chi connectivity index (χ0) is 15.0. The van der Waals surface area contributed by atoms with Crippen molar-refractivity contribution in [1.82, 2.24) is 4.90 Å². The van der Waals surface area contributed by atoms with Gasteiger partial charge in [0.1, 0.15) is 5.58 Å². The lowest BCUT2D eigenvalue weighted by atomic mass is 9.93. The van der Waals surface area contributed by atoms with Gasteiger partial charge in [-0.3, -0.25) is 9.59 Å². The van der Waals surface area contributed by atoms with E-state index in [0.717, 1.165) is 5.39 Å². The van der Waals surface area contributed by atoms with Crippen molar-refractivity contribution in [3.05, 3.63) is 36.1 Å². The molecular formula is C16H17NO4. The molecule has 0 aliphatic carbocycles. The number of hydrogen-bond donors (Lipinski definition) is 1. The number of carboxylic acids is 1. The number of para-hydroxylation sites is 1. The predicted octanol–water partition coefficient (Wildman–Crippen LogP) is 2.76. The van der Waals surface area contributed by atoms with Crippen LogP contribution in [0.2, 0.25) is 0 Å². The molecule has 3 rings (SSSR count). The summed E-state index contributed by atoms with van der Waals surface area (Å²) in [6, 6.07) is 9.18. The van der Waals surface area contributed by atoms with Crippen LogP contribution >= 0.6 is 0 Å². The normalized spacial score (nSPS) is 22.4. The van der Waals surface area contributed by atoms with Crippen LogP contribution in [0.3, 0.4) is 0 Å². The van der Waals surface area contributed by atoms with E-state index in [-0.39, 0.29) is 24.3 Å². The molecule has 0 radical (unpaired) electrons. The van der Waals surface area contributed by atoms with Gasteiger partial charge in [-0.05, 0) is 31.9 Å². The van der Waals surface area contributed by atoms with E-state index < -0.39 is 11.9 Å². The number of likely N-dealkylation sites (tertiary alicyclic amines) is 1. The van der Waals surface area contributed by atoms with Crippen LogP contribution in [0.4, 0.5) is 0 Å². The SMILES string of the molecule is CC1CCC(C(=O)O)CN1C(=O)c1cc2ccccc2o1. The third-order valence-electron chi connectivity index (χ3n) is 4.13. The molecule has 5 nitrogen and oxygen atoms in total. The quantitative estimate of drug-likeness (QED) is 0.922. The summed E-state index contributed by atoms with van der Waals surface area (Å²) in [6.45, 7) is 2.19. The lowest BCUT2D eigenvalue weighted by Gasteiger charge is -2.35. The molecule has 1 amide bonds. The highest BCUT2D eigenvalue weighted by Gasteiger charge is 2.34. The number of carbonyl (C=O) groups is 2. The van der Waals surface area contributed by atoms with Crippen molar-refractivity contribution in [2.45, 2.75) is 25.8 Å². The van der Waals surface area contributed by atoms with Gasteiger partial charge in [-0.2, -0.15) is 0 Å². The van der Waals surface area contributed by atoms with Gasteiger partial charge in [0.15, 0.2) is 5.76 Å². The molecule has 2 heterocycles. The molecule has 1 aromatic heterocycles. The van der Waals surface area contributed by atoms with Crippen LogP contribution in [-0.4, -0.2) is 34.5 Å². The average Bonchev–Trinajstić information content (AvgIpc) is 2.90. The van der Waals surface area contributed by atoms with Gasteiger partial charge in [0.25, 0.3) is 5.91 Å². The van der Waals surface area contributed by atoms with Gasteiger partial charge in [0.2, 0.25) is 0 Å². The first kappa shape index (κ1) is 13.7. The number of nitrogens with zero attached hydrogens (tertiary/aromatic N) is 1. The first-order chi connectivity index (χ1) is 10.1. The van der Waals surface area contributed by atoms with Gasteiger partial charge in [0.05, 0.1) is 5.92 Å². The van der Waals surface area contributed by atoms with Crippen LogP contribution in [0.15, 0.2) is 34.7 Å². The maximum absolute atomic E-state index is 12.6. The minimum Gasteiger partial charge on any atom is -0.481 e. The summed E-state index contributed by atoms with van der Waals surface area (Å²) in [7, 11) is 0. The molecule has 0 bridgehead atoms. The van der Waals surface area contributed by atoms with E-state index >= 15 is 0 Å². The number of hydrogen-bond acceptors (Lipinski definition) is 3. The van der Waals surface area contributed by atoms with E-state index in [1.54, 1.807) is 11.0 Å². The van der Waals surface area contributed by atoms with Crippen LogP contribution in [0.1, 0.15) is 30.3 Å². The summed E-state index contributed by atoms with van der Waals surface area (Å²) in [5, 5.41) is 10.0. The number of amides is 1. The summed E-state index contributed by atoms with van der Waals surface area (Å²) >= 11 is 0. The van der Waals surface area contributed by atoms with Crippen LogP contribution in [0, 0.1) is 5.92 Å². The minimum atomic E-state index is -0.843. The Morgan fingerprint density at radius 2 is 2.05 bits per heavy atom. The highest BCUT2D eigenvalue weighted by Crippen LogP contribution is 2.26. The molecule has 1 aromatic carbocycles. The van der Waals surface area contributed by atoms with Crippen LogP contribution in [-0.2, 0) is 4.79 Å². The Hall–Kier alpha value is -2.30. The first-order valence-corrected chi connectivity index (χ1v) is 7.08. The number of carbonyl (C=O) groups excluding carboxylic acids is 1. The molecule has 2 aromatic rings. The Morgan fingerprint density at radius 3 is 2.76 bits per heavy atom. The molecule has 1 N–H and O–H groups in total. The summed E-state index contributed by atoms with van der Waals surface area (Å²) < 4.78 is 5.59. The fraction of sp³-hybridized carbons (Fsp3) is 0.375. The average molecular weight is 287 g/mol. The Bertz CT molecular complexity index is 657. The summed E-state index contributed by atoms with van der Waals surface area (Å²) in [4.78, 5) is 25.3. The maximum Gasteiger partial charge on any atom is 0.308 e. The molecular weight excluding hydrogens is 270 g/mol. The van der Waals surface area contributed by atoms with Gasteiger partial charge in [-0.15, -0.1) is 0 Å². The molecule has 0 saturated carbocycles. The molecule has 110 valence electrons. The molecule has 2 unspecified atom stereocenters. The molecule has 1 fully saturated rings. The lowest BCUT2D eigenvalue weighted by molar-refractivity contribution is -0.143.